The second-order valence-corrected chi connectivity index (χ2v) is 28.2. The Morgan fingerprint density at radius 3 is 0.978 bits per heavy atom. The lowest BCUT2D eigenvalue weighted by Crippen LogP contribution is -2.55. The monoisotopic (exact) mass is 1270 g/mol. The molecule has 0 radical (unpaired) electrons. The minimum Gasteiger partial charge on any atom is -0.451 e. The zero-order valence-corrected chi connectivity index (χ0v) is 56.7. The zero-order valence-electron chi connectivity index (χ0n) is 55.0. The van der Waals surface area contributed by atoms with Gasteiger partial charge >= 0.3 is 23.9 Å². The number of fused-ring (bicyclic) bond motifs is 2. The van der Waals surface area contributed by atoms with Crippen molar-refractivity contribution in [3.8, 4) is 0 Å². The van der Waals surface area contributed by atoms with Gasteiger partial charge in [-0.15, -0.1) is 23.5 Å². The van der Waals surface area contributed by atoms with Crippen LogP contribution >= 0.6 is 23.5 Å². The minimum absolute atomic E-state index is 0.0915. The number of amides is 4. The summed E-state index contributed by atoms with van der Waals surface area (Å²) in [5.41, 5.74) is 5.66. The van der Waals surface area contributed by atoms with Crippen LogP contribution in [0.4, 0.5) is 11.4 Å². The summed E-state index contributed by atoms with van der Waals surface area (Å²) in [6.45, 7) is 20.7. The molecule has 0 saturated carbocycles. The van der Waals surface area contributed by atoms with Gasteiger partial charge in [-0.3, -0.25) is 19.2 Å². The van der Waals surface area contributed by atoms with Gasteiger partial charge in [-0.05, 0) is 110 Å². The van der Waals surface area contributed by atoms with E-state index >= 15 is 9.59 Å². The summed E-state index contributed by atoms with van der Waals surface area (Å²) >= 11 is 3.65. The number of esters is 4. The average molecular weight is 1280 g/mol. The molecule has 8 atom stereocenters. The fourth-order valence-corrected chi connectivity index (χ4v) is 13.8. The number of ether oxygens (including phenoxy) is 4. The van der Waals surface area contributed by atoms with Crippen LogP contribution in [0.15, 0.2) is 107 Å². The van der Waals surface area contributed by atoms with Crippen LogP contribution in [0.5, 0.6) is 0 Å². The van der Waals surface area contributed by atoms with E-state index in [1.54, 1.807) is 0 Å². The van der Waals surface area contributed by atoms with E-state index in [0.717, 1.165) is 56.9 Å². The number of thioether (sulfide) groups is 2. The number of carbonyl (C=O) groups excluding carboxylic acids is 8. The SMILES string of the molecule is CC(C)C[C@H]1C(=O)O[C@H](Cc2ccc(CN3CCSc4ccccc43)cc2)C(=O)N(C)[C@@H](CC(C)C)C(=O)O[C@H](C)C(=O)N(C)[C@@H](CC(C)C)C(=O)O[C@H](Cc2ccc(CN3CCSc4ccccc43)cc2)C(=O)N(C)[C@@H](CC(C)C)C(=O)O[C@H](C)C(=O)N1C. The lowest BCUT2D eigenvalue weighted by molar-refractivity contribution is -0.176. The number of benzene rings is 4. The van der Waals surface area contributed by atoms with Crippen molar-refractivity contribution in [3.05, 3.63) is 119 Å². The van der Waals surface area contributed by atoms with Gasteiger partial charge in [0.2, 0.25) is 0 Å². The van der Waals surface area contributed by atoms with Crippen molar-refractivity contribution in [2.24, 2.45) is 23.7 Å². The Bertz CT molecular complexity index is 2920. The predicted molar refractivity (Wildman–Crippen MR) is 352 cm³/mol. The molecule has 3 aliphatic heterocycles. The van der Waals surface area contributed by atoms with E-state index in [9.17, 15) is 28.8 Å². The maximum atomic E-state index is 15.2. The maximum absolute atomic E-state index is 15.2. The van der Waals surface area contributed by atoms with Gasteiger partial charge < -0.3 is 48.3 Å². The van der Waals surface area contributed by atoms with Crippen LogP contribution in [0.2, 0.25) is 0 Å². The molecular weight excluding hydrogens is 1180 g/mol. The molecule has 0 aliphatic carbocycles. The lowest BCUT2D eigenvalue weighted by Gasteiger charge is -2.35. The Morgan fingerprint density at radius 1 is 0.389 bits per heavy atom. The van der Waals surface area contributed by atoms with Crippen molar-refractivity contribution in [3.63, 3.8) is 0 Å². The Morgan fingerprint density at radius 2 is 0.667 bits per heavy atom. The molecule has 90 heavy (non-hydrogen) atoms. The van der Waals surface area contributed by atoms with Crippen molar-refractivity contribution < 1.29 is 57.3 Å². The second kappa shape index (κ2) is 32.3. The van der Waals surface area contributed by atoms with Gasteiger partial charge in [0, 0.05) is 88.5 Å². The van der Waals surface area contributed by atoms with E-state index in [-0.39, 0.29) is 62.2 Å². The predicted octanol–water partition coefficient (Wildman–Crippen LogP) is 9.89. The first-order valence-electron chi connectivity index (χ1n) is 31.7. The molecular formula is C70H94N6O12S2. The maximum Gasteiger partial charge on any atom is 0.329 e. The third-order valence-electron chi connectivity index (χ3n) is 16.8. The van der Waals surface area contributed by atoms with Gasteiger partial charge in [0.05, 0.1) is 11.4 Å². The standard InChI is InChI=1S/C70H94N6O12S2/c1-43(2)35-55-67(81)85-47(9)63(77)71(11)58(38-46(7)8)70(84)88-60(40-50-25-29-52(30-26-50)42-76-32-34-90-62-22-18-16-20-54(62)76)66(80)74(14)56(36-44(3)4)68(82)86-48(10)64(78)72(12)57(37-45(5)6)69(83)87-59(65(79)73(55)13)39-49-23-27-51(28-24-49)41-75-31-33-89-61-21-17-15-19-53(61)75/h15-30,43-48,55-60H,31-42H2,1-14H3/t47-,48-,55+,56+,57+,58+,59-,60-/m1/s1. The molecule has 0 unspecified atom stereocenters. The number of hydrogen-bond donors (Lipinski definition) is 0. The Balaban J connectivity index is 1.23. The molecule has 3 heterocycles. The van der Waals surface area contributed by atoms with E-state index in [0.29, 0.717) is 24.2 Å². The first-order valence-corrected chi connectivity index (χ1v) is 33.7. The molecule has 0 N–H and O–H groups in total. The van der Waals surface area contributed by atoms with E-state index < -0.39 is 96.1 Å². The quantitative estimate of drug-likeness (QED) is 0.0759. The highest BCUT2D eigenvalue weighted by molar-refractivity contribution is 7.99. The molecule has 7 rings (SSSR count). The third-order valence-corrected chi connectivity index (χ3v) is 18.8. The largest absolute Gasteiger partial charge is 0.451 e. The van der Waals surface area contributed by atoms with Crippen LogP contribution in [0.3, 0.4) is 0 Å². The fourth-order valence-electron chi connectivity index (χ4n) is 11.7. The van der Waals surface area contributed by atoms with Crippen LogP contribution in [0, 0.1) is 23.7 Å². The van der Waals surface area contributed by atoms with Gasteiger partial charge in [-0.2, -0.15) is 0 Å². The van der Waals surface area contributed by atoms with Crippen molar-refractivity contribution in [2.75, 3.05) is 62.6 Å². The van der Waals surface area contributed by atoms with Crippen LogP contribution in [0.1, 0.15) is 117 Å². The van der Waals surface area contributed by atoms with E-state index in [2.05, 4.69) is 34.1 Å². The molecule has 0 aromatic heterocycles. The molecule has 4 aromatic rings. The van der Waals surface area contributed by atoms with E-state index in [4.69, 9.17) is 18.9 Å². The number of rotatable bonds is 16. The highest BCUT2D eigenvalue weighted by Crippen LogP contribution is 2.37. The summed E-state index contributed by atoms with van der Waals surface area (Å²) in [4.78, 5) is 131. The number of nitrogens with zero attached hydrogens (tertiary/aromatic N) is 6. The number of cyclic esters (lactones) is 4. The van der Waals surface area contributed by atoms with E-state index in [1.807, 2.05) is 152 Å². The Kier molecular flexibility index (Phi) is 25.3. The normalized spacial score (nSPS) is 23.4. The number of carbonyl (C=O) groups is 8. The lowest BCUT2D eigenvalue weighted by atomic mass is 9.99. The summed E-state index contributed by atoms with van der Waals surface area (Å²) in [5.74, 6) is -5.39. The molecule has 4 aromatic carbocycles. The number of hydrogen-bond acceptors (Lipinski definition) is 16. The first kappa shape index (κ1) is 70.4. The van der Waals surface area contributed by atoms with Gasteiger partial charge in [-0.25, -0.2) is 19.2 Å². The van der Waals surface area contributed by atoms with Crippen molar-refractivity contribution in [1.82, 2.24) is 19.6 Å². The van der Waals surface area contributed by atoms with Gasteiger partial charge in [0.25, 0.3) is 23.6 Å². The van der Waals surface area contributed by atoms with Crippen molar-refractivity contribution in [2.45, 2.75) is 179 Å². The molecule has 1 fully saturated rings. The number of anilines is 2. The number of likely N-dealkylation sites (N-methyl/N-ethyl adjacent to an activating group) is 4. The van der Waals surface area contributed by atoms with Gasteiger partial charge in [-0.1, -0.05) is 128 Å². The molecule has 1 saturated heterocycles. The van der Waals surface area contributed by atoms with Gasteiger partial charge in [0.1, 0.15) is 24.2 Å². The van der Waals surface area contributed by atoms with Crippen molar-refractivity contribution >= 4 is 82.4 Å². The second-order valence-electron chi connectivity index (χ2n) is 25.9. The van der Waals surface area contributed by atoms with Crippen LogP contribution in [0.25, 0.3) is 0 Å². The third kappa shape index (κ3) is 18.6. The molecule has 18 nitrogen and oxygen atoms in total. The summed E-state index contributed by atoms with van der Waals surface area (Å²) in [6, 6.07) is 26.8. The fraction of sp³-hybridized carbons (Fsp3) is 0.543. The molecule has 4 amide bonds. The summed E-state index contributed by atoms with van der Waals surface area (Å²) in [7, 11) is 5.67. The highest BCUT2D eigenvalue weighted by atomic mass is 32.2. The van der Waals surface area contributed by atoms with Crippen LogP contribution < -0.4 is 9.80 Å². The van der Waals surface area contributed by atoms with Crippen molar-refractivity contribution in [1.29, 1.82) is 0 Å². The number of para-hydroxylation sites is 2. The molecule has 488 valence electrons. The molecule has 0 spiro atoms. The molecule has 0 bridgehead atoms. The van der Waals surface area contributed by atoms with Crippen LogP contribution in [-0.4, -0.2) is 168 Å². The Labute approximate surface area is 541 Å². The summed E-state index contributed by atoms with van der Waals surface area (Å²) in [6.07, 6.45) is -5.86. The Hall–Kier alpha value is -7.06. The smallest absolute Gasteiger partial charge is 0.329 e. The van der Waals surface area contributed by atoms with E-state index in [1.165, 1.54) is 61.6 Å². The zero-order chi connectivity index (χ0) is 65.7. The summed E-state index contributed by atoms with van der Waals surface area (Å²) < 4.78 is 24.5. The molecule has 3 aliphatic rings. The first-order chi connectivity index (χ1) is 42.7. The highest BCUT2D eigenvalue weighted by Gasteiger charge is 2.43. The summed E-state index contributed by atoms with van der Waals surface area (Å²) in [5, 5.41) is 0. The van der Waals surface area contributed by atoms with Crippen LogP contribution in [-0.2, 0) is 83.2 Å². The molecule has 20 heteroatoms. The van der Waals surface area contributed by atoms with Gasteiger partial charge in [0.15, 0.2) is 24.4 Å². The topological polar surface area (TPSA) is 193 Å². The minimum atomic E-state index is -1.52. The average Bonchev–Trinajstić information content (AvgIpc) is 1.19.